The van der Waals surface area contributed by atoms with Crippen LogP contribution in [0.25, 0.3) is 0 Å². The number of hydrogen-bond donors (Lipinski definition) is 2. The summed E-state index contributed by atoms with van der Waals surface area (Å²) in [5, 5.41) is 6.44. The van der Waals surface area contributed by atoms with Gasteiger partial charge in [0.05, 0.1) is 6.26 Å². The summed E-state index contributed by atoms with van der Waals surface area (Å²) in [5.74, 6) is 1.79. The summed E-state index contributed by atoms with van der Waals surface area (Å²) in [7, 11) is 3.47. The summed E-state index contributed by atoms with van der Waals surface area (Å²) >= 11 is 0. The average Bonchev–Trinajstić information content (AvgIpc) is 2.85. The van der Waals surface area contributed by atoms with Gasteiger partial charge in [0.25, 0.3) is 0 Å². The molecule has 1 aromatic heterocycles. The van der Waals surface area contributed by atoms with Crippen LogP contribution in [0.5, 0.6) is 0 Å². The van der Waals surface area contributed by atoms with Crippen molar-refractivity contribution in [3.05, 3.63) is 24.2 Å². The Morgan fingerprint density at radius 2 is 2.17 bits per heavy atom. The highest BCUT2D eigenvalue weighted by atomic mass is 127. The van der Waals surface area contributed by atoms with E-state index in [1.807, 2.05) is 12.1 Å². The van der Waals surface area contributed by atoms with Crippen LogP contribution < -0.4 is 10.6 Å². The van der Waals surface area contributed by atoms with Crippen LogP contribution in [-0.2, 0) is 11.2 Å². The van der Waals surface area contributed by atoms with Gasteiger partial charge in [-0.25, -0.2) is 0 Å². The monoisotopic (exact) mass is 367 g/mol. The zero-order valence-electron chi connectivity index (χ0n) is 10.9. The second-order valence-corrected chi connectivity index (χ2v) is 3.60. The molecule has 0 bridgehead atoms. The Morgan fingerprint density at radius 1 is 1.39 bits per heavy atom. The minimum absolute atomic E-state index is 0. The summed E-state index contributed by atoms with van der Waals surface area (Å²) in [6.07, 6.45) is 3.51. The Bertz CT molecular complexity index is 315. The van der Waals surface area contributed by atoms with Crippen molar-refractivity contribution in [2.45, 2.75) is 12.8 Å². The number of nitrogens with one attached hydrogen (secondary N) is 2. The van der Waals surface area contributed by atoms with E-state index in [0.29, 0.717) is 0 Å². The molecule has 0 aliphatic heterocycles. The number of halogens is 1. The molecule has 5 nitrogen and oxygen atoms in total. The summed E-state index contributed by atoms with van der Waals surface area (Å²) in [4.78, 5) is 4.13. The maximum atomic E-state index is 5.25. The normalized spacial score (nSPS) is 10.9. The maximum Gasteiger partial charge on any atom is 0.190 e. The highest BCUT2D eigenvalue weighted by molar-refractivity contribution is 14.0. The number of guanidine groups is 1. The van der Waals surface area contributed by atoms with Gasteiger partial charge in [-0.2, -0.15) is 0 Å². The van der Waals surface area contributed by atoms with Crippen LogP contribution >= 0.6 is 24.0 Å². The minimum atomic E-state index is 0. The van der Waals surface area contributed by atoms with E-state index in [-0.39, 0.29) is 24.0 Å². The third-order valence-corrected chi connectivity index (χ3v) is 2.29. The van der Waals surface area contributed by atoms with Crippen LogP contribution in [0.3, 0.4) is 0 Å². The quantitative estimate of drug-likeness (QED) is 0.333. The summed E-state index contributed by atoms with van der Waals surface area (Å²) < 4.78 is 10.2. The third kappa shape index (κ3) is 7.54. The van der Waals surface area contributed by atoms with Crippen LogP contribution in [0.15, 0.2) is 27.8 Å². The molecule has 1 aromatic rings. The van der Waals surface area contributed by atoms with E-state index in [0.717, 1.165) is 44.3 Å². The molecule has 2 N–H and O–H groups in total. The molecule has 6 heteroatoms. The predicted octanol–water partition coefficient (Wildman–Crippen LogP) is 1.64. The minimum Gasteiger partial charge on any atom is -0.469 e. The number of ether oxygens (including phenoxy) is 1. The van der Waals surface area contributed by atoms with E-state index in [2.05, 4.69) is 15.6 Å². The lowest BCUT2D eigenvalue weighted by Crippen LogP contribution is -2.38. The molecule has 0 aromatic carbocycles. The molecule has 1 rings (SSSR count). The molecule has 0 saturated carbocycles. The molecule has 0 aliphatic rings. The number of nitrogens with zero attached hydrogens (tertiary/aromatic N) is 1. The van der Waals surface area contributed by atoms with Gasteiger partial charge in [-0.1, -0.05) is 0 Å². The van der Waals surface area contributed by atoms with Gasteiger partial charge < -0.3 is 19.8 Å². The van der Waals surface area contributed by atoms with Crippen LogP contribution in [0.4, 0.5) is 0 Å². The van der Waals surface area contributed by atoms with Crippen molar-refractivity contribution in [3.63, 3.8) is 0 Å². The fourth-order valence-electron chi connectivity index (χ4n) is 1.40. The SMILES string of the molecule is CN=C(NCCCOC)NCCc1ccco1.I. The first-order chi connectivity index (χ1) is 8.36. The van der Waals surface area contributed by atoms with Crippen molar-refractivity contribution < 1.29 is 9.15 Å². The Labute approximate surface area is 125 Å². The number of furan rings is 1. The fraction of sp³-hybridized carbons (Fsp3) is 0.583. The van der Waals surface area contributed by atoms with Crippen molar-refractivity contribution in [2.24, 2.45) is 4.99 Å². The Hall–Kier alpha value is -0.760. The maximum absolute atomic E-state index is 5.25. The Kier molecular flexibility index (Phi) is 10.9. The molecule has 0 atom stereocenters. The van der Waals surface area contributed by atoms with Crippen molar-refractivity contribution in [1.29, 1.82) is 0 Å². The van der Waals surface area contributed by atoms with Gasteiger partial charge in [-0.05, 0) is 18.6 Å². The zero-order chi connectivity index (χ0) is 12.3. The lowest BCUT2D eigenvalue weighted by molar-refractivity contribution is 0.195. The van der Waals surface area contributed by atoms with E-state index in [1.165, 1.54) is 0 Å². The second-order valence-electron chi connectivity index (χ2n) is 3.60. The van der Waals surface area contributed by atoms with Crippen molar-refractivity contribution >= 4 is 29.9 Å². The number of rotatable bonds is 7. The smallest absolute Gasteiger partial charge is 0.190 e. The average molecular weight is 367 g/mol. The molecule has 1 heterocycles. The van der Waals surface area contributed by atoms with Gasteiger partial charge in [0, 0.05) is 40.3 Å². The Morgan fingerprint density at radius 3 is 2.78 bits per heavy atom. The highest BCUT2D eigenvalue weighted by Gasteiger charge is 1.98. The fourth-order valence-corrected chi connectivity index (χ4v) is 1.40. The molecule has 18 heavy (non-hydrogen) atoms. The predicted molar refractivity (Wildman–Crippen MR) is 83.7 cm³/mol. The van der Waals surface area contributed by atoms with E-state index >= 15 is 0 Å². The molecule has 0 aliphatic carbocycles. The summed E-state index contributed by atoms with van der Waals surface area (Å²) in [6.45, 7) is 2.42. The molecular formula is C12H22IN3O2. The number of hydrogen-bond acceptors (Lipinski definition) is 3. The van der Waals surface area contributed by atoms with Gasteiger partial charge in [0.1, 0.15) is 5.76 Å². The zero-order valence-corrected chi connectivity index (χ0v) is 13.3. The molecule has 0 saturated heterocycles. The van der Waals surface area contributed by atoms with Crippen molar-refractivity contribution in [1.82, 2.24) is 10.6 Å². The first-order valence-corrected chi connectivity index (χ1v) is 5.82. The van der Waals surface area contributed by atoms with E-state index in [1.54, 1.807) is 20.4 Å². The van der Waals surface area contributed by atoms with Crippen LogP contribution in [0.2, 0.25) is 0 Å². The van der Waals surface area contributed by atoms with Gasteiger partial charge >= 0.3 is 0 Å². The summed E-state index contributed by atoms with van der Waals surface area (Å²) in [6, 6.07) is 3.86. The number of aliphatic imine (C=N–C) groups is 1. The van der Waals surface area contributed by atoms with Crippen LogP contribution in [-0.4, -0.2) is 39.8 Å². The standard InChI is InChI=1S/C12H21N3O2.HI/c1-13-12(14-7-4-9-16-2)15-8-6-11-5-3-10-17-11;/h3,5,10H,4,6-9H2,1-2H3,(H2,13,14,15);1H. The topological polar surface area (TPSA) is 58.8 Å². The number of methoxy groups -OCH3 is 1. The third-order valence-electron chi connectivity index (χ3n) is 2.29. The van der Waals surface area contributed by atoms with Crippen LogP contribution in [0.1, 0.15) is 12.2 Å². The van der Waals surface area contributed by atoms with E-state index < -0.39 is 0 Å². The van der Waals surface area contributed by atoms with Crippen molar-refractivity contribution in [2.75, 3.05) is 33.9 Å². The largest absolute Gasteiger partial charge is 0.469 e. The first-order valence-electron chi connectivity index (χ1n) is 5.82. The van der Waals surface area contributed by atoms with Crippen LogP contribution in [0, 0.1) is 0 Å². The molecular weight excluding hydrogens is 345 g/mol. The van der Waals surface area contributed by atoms with Crippen molar-refractivity contribution in [3.8, 4) is 0 Å². The lowest BCUT2D eigenvalue weighted by Gasteiger charge is -2.10. The van der Waals surface area contributed by atoms with Gasteiger partial charge in [0.2, 0.25) is 0 Å². The lowest BCUT2D eigenvalue weighted by atomic mass is 10.3. The summed E-state index contributed by atoms with van der Waals surface area (Å²) in [5.41, 5.74) is 0. The molecule has 0 fully saturated rings. The highest BCUT2D eigenvalue weighted by Crippen LogP contribution is 1.99. The van der Waals surface area contributed by atoms with Gasteiger partial charge in [-0.3, -0.25) is 4.99 Å². The molecule has 104 valence electrons. The molecule has 0 radical (unpaired) electrons. The molecule has 0 amide bonds. The Balaban J connectivity index is 0.00000289. The van der Waals surface area contributed by atoms with Gasteiger partial charge in [-0.15, -0.1) is 24.0 Å². The second kappa shape index (κ2) is 11.3. The van der Waals surface area contributed by atoms with Gasteiger partial charge in [0.15, 0.2) is 5.96 Å². The van der Waals surface area contributed by atoms with E-state index in [9.17, 15) is 0 Å². The first kappa shape index (κ1) is 17.2. The molecule has 0 unspecified atom stereocenters. The molecule has 0 spiro atoms. The van der Waals surface area contributed by atoms with E-state index in [4.69, 9.17) is 9.15 Å².